The highest BCUT2D eigenvalue weighted by atomic mass is 16.5. The van der Waals surface area contributed by atoms with Crippen LogP contribution < -0.4 is 37.9 Å². The third-order valence-corrected chi connectivity index (χ3v) is 10.7. The lowest BCUT2D eigenvalue weighted by Gasteiger charge is -2.36. The summed E-state index contributed by atoms with van der Waals surface area (Å²) in [4.78, 5) is 68.4. The highest BCUT2D eigenvalue weighted by Crippen LogP contribution is 2.28. The molecule has 0 aromatic heterocycles. The minimum atomic E-state index is -1.06. The fraction of sp³-hybridized carbons (Fsp3) is 0.738. The molecule has 1 fully saturated rings. The van der Waals surface area contributed by atoms with E-state index in [0.29, 0.717) is 25.1 Å². The number of benzene rings is 1. The third-order valence-electron chi connectivity index (χ3n) is 10.7. The molecule has 1 aliphatic carbocycles. The van der Waals surface area contributed by atoms with Crippen LogP contribution in [0, 0.1) is 23.7 Å². The number of nitrogens with one attached hydrogen (secondary N) is 3. The van der Waals surface area contributed by atoms with Crippen molar-refractivity contribution in [3.8, 4) is 5.75 Å². The number of hydrogen-bond donors (Lipinski definition) is 6. The lowest BCUT2D eigenvalue weighted by atomic mass is 9.83. The molecule has 7 atom stereocenters. The summed E-state index contributed by atoms with van der Waals surface area (Å²) < 4.78 is 12.3. The molecule has 14 nitrogen and oxygen atoms in total. The van der Waals surface area contributed by atoms with Gasteiger partial charge < -0.3 is 47.5 Å². The standard InChI is InChI=1S/C42H73N7O7/c1-8-9-10-14-20-36(56-26-29(5)46-39(51)28(4)25-55-33-19-15-16-31(22-33)23-43)30(6)42(54)49(7)35(21-27(2)3)40(52)48-37(32-17-12-11-13-18-32)41(53)47-34(24-44)38(45)50/h15-16,19,22,27-30,32,34-37H,8-14,17-18,20-21,23-26,43-44H2,1-7H3,(H2,45,50)(H,46,51)(H,47,53)(H,48,52)/t28-,29+,30+,34-,35-,36+,37-/m0/s1. The smallest absolute Gasteiger partial charge is 0.243 e. The Hall–Kier alpha value is -3.75. The molecule has 1 aromatic rings. The highest BCUT2D eigenvalue weighted by Gasteiger charge is 2.38. The summed E-state index contributed by atoms with van der Waals surface area (Å²) >= 11 is 0. The van der Waals surface area contributed by atoms with Crippen LogP contribution in [-0.2, 0) is 35.3 Å². The van der Waals surface area contributed by atoms with Gasteiger partial charge in [0.1, 0.15) is 23.9 Å². The molecule has 56 heavy (non-hydrogen) atoms. The van der Waals surface area contributed by atoms with Gasteiger partial charge in [0, 0.05) is 26.2 Å². The van der Waals surface area contributed by atoms with E-state index in [4.69, 9.17) is 26.7 Å². The van der Waals surface area contributed by atoms with E-state index in [2.05, 4.69) is 22.9 Å². The molecular formula is C42H73N7O7. The average molecular weight is 788 g/mol. The van der Waals surface area contributed by atoms with E-state index in [0.717, 1.165) is 63.4 Å². The number of carbonyl (C=O) groups is 5. The summed E-state index contributed by atoms with van der Waals surface area (Å²) in [5, 5.41) is 8.63. The van der Waals surface area contributed by atoms with Gasteiger partial charge in [0.05, 0.1) is 31.2 Å². The molecule has 0 bridgehead atoms. The maximum Gasteiger partial charge on any atom is 0.243 e. The van der Waals surface area contributed by atoms with Crippen molar-refractivity contribution in [1.82, 2.24) is 20.9 Å². The predicted octanol–water partition coefficient (Wildman–Crippen LogP) is 3.52. The molecule has 2 rings (SSSR count). The fourth-order valence-electron chi connectivity index (χ4n) is 7.15. The van der Waals surface area contributed by atoms with Crippen LogP contribution in [0.4, 0.5) is 0 Å². The van der Waals surface area contributed by atoms with Crippen LogP contribution in [0.5, 0.6) is 5.75 Å². The van der Waals surface area contributed by atoms with Crippen LogP contribution in [-0.4, -0.2) is 91.5 Å². The summed E-state index contributed by atoms with van der Waals surface area (Å²) in [6.07, 6.45) is 8.92. The number of amides is 5. The van der Waals surface area contributed by atoms with Crippen LogP contribution in [0.15, 0.2) is 24.3 Å². The van der Waals surface area contributed by atoms with Gasteiger partial charge in [-0.2, -0.15) is 0 Å². The van der Waals surface area contributed by atoms with Gasteiger partial charge in [-0.05, 0) is 62.1 Å². The van der Waals surface area contributed by atoms with Crippen molar-refractivity contribution in [1.29, 1.82) is 0 Å². The second-order valence-electron chi connectivity index (χ2n) is 16.2. The molecule has 5 amide bonds. The summed E-state index contributed by atoms with van der Waals surface area (Å²) in [5.41, 5.74) is 17.8. The third kappa shape index (κ3) is 16.4. The van der Waals surface area contributed by atoms with E-state index >= 15 is 0 Å². The van der Waals surface area contributed by atoms with E-state index < -0.39 is 53.8 Å². The molecular weight excluding hydrogens is 715 g/mol. The van der Waals surface area contributed by atoms with Gasteiger partial charge in [0.2, 0.25) is 29.5 Å². The van der Waals surface area contributed by atoms with Crippen LogP contribution in [0.2, 0.25) is 0 Å². The minimum Gasteiger partial charge on any atom is -0.493 e. The molecule has 0 saturated heterocycles. The first-order valence-corrected chi connectivity index (χ1v) is 20.8. The molecule has 0 spiro atoms. The zero-order chi connectivity index (χ0) is 41.8. The molecule has 9 N–H and O–H groups in total. The normalized spacial score (nSPS) is 17.1. The Balaban J connectivity index is 2.17. The summed E-state index contributed by atoms with van der Waals surface area (Å²) in [7, 11) is 1.63. The summed E-state index contributed by atoms with van der Waals surface area (Å²) in [6, 6.07) is 4.32. The van der Waals surface area contributed by atoms with E-state index in [-0.39, 0.29) is 49.5 Å². The molecule has 318 valence electrons. The first-order valence-electron chi connectivity index (χ1n) is 20.8. The molecule has 0 aliphatic heterocycles. The number of nitrogens with two attached hydrogens (primary N) is 3. The molecule has 0 unspecified atom stereocenters. The maximum absolute atomic E-state index is 14.3. The molecule has 14 heteroatoms. The van der Waals surface area contributed by atoms with Gasteiger partial charge in [-0.1, -0.05) is 91.7 Å². The Morgan fingerprint density at radius 3 is 2.18 bits per heavy atom. The molecule has 1 saturated carbocycles. The fourth-order valence-corrected chi connectivity index (χ4v) is 7.15. The number of ether oxygens (including phenoxy) is 2. The van der Waals surface area contributed by atoms with Crippen molar-refractivity contribution < 1.29 is 33.4 Å². The Kier molecular flexibility index (Phi) is 22.0. The number of likely N-dealkylation sites (N-methyl/N-ethyl adjacent to an activating group) is 1. The van der Waals surface area contributed by atoms with Crippen LogP contribution in [0.3, 0.4) is 0 Å². The summed E-state index contributed by atoms with van der Waals surface area (Å²) in [5.74, 6) is -2.54. The van der Waals surface area contributed by atoms with Gasteiger partial charge in [-0.15, -0.1) is 0 Å². The molecule has 1 aliphatic rings. The van der Waals surface area contributed by atoms with Crippen LogP contribution in [0.1, 0.15) is 118 Å². The largest absolute Gasteiger partial charge is 0.493 e. The second-order valence-corrected chi connectivity index (χ2v) is 16.2. The first-order chi connectivity index (χ1) is 26.6. The number of hydrogen-bond acceptors (Lipinski definition) is 9. The number of unbranched alkanes of at least 4 members (excludes halogenated alkanes) is 3. The van der Waals surface area contributed by atoms with Gasteiger partial charge in [-0.25, -0.2) is 0 Å². The summed E-state index contributed by atoms with van der Waals surface area (Å²) in [6.45, 7) is 12.2. The molecule has 1 aromatic carbocycles. The monoisotopic (exact) mass is 788 g/mol. The second kappa shape index (κ2) is 25.5. The van der Waals surface area contributed by atoms with Crippen molar-refractivity contribution in [3.05, 3.63) is 29.8 Å². The van der Waals surface area contributed by atoms with E-state index in [9.17, 15) is 24.0 Å². The number of rotatable bonds is 26. The maximum atomic E-state index is 14.3. The number of primary amides is 1. The Bertz CT molecular complexity index is 1370. The van der Waals surface area contributed by atoms with Crippen LogP contribution >= 0.6 is 0 Å². The van der Waals surface area contributed by atoms with Crippen molar-refractivity contribution in [2.24, 2.45) is 40.9 Å². The van der Waals surface area contributed by atoms with Crippen molar-refractivity contribution in [2.45, 2.75) is 149 Å². The van der Waals surface area contributed by atoms with Gasteiger partial charge in [0.25, 0.3) is 0 Å². The van der Waals surface area contributed by atoms with E-state index in [1.807, 2.05) is 52.0 Å². The van der Waals surface area contributed by atoms with Crippen molar-refractivity contribution >= 4 is 29.5 Å². The SMILES string of the molecule is CCCCCC[C@@H](OC[C@@H](C)NC(=O)[C@@H](C)COc1cccc(CN)c1)[C@@H](C)C(=O)N(C)[C@@H](CC(C)C)C(=O)N[C@H](C(=O)N[C@@H](CN)C(N)=O)C1CCCCC1. The average Bonchev–Trinajstić information content (AvgIpc) is 3.18. The quantitative estimate of drug-likeness (QED) is 0.0756. The van der Waals surface area contributed by atoms with E-state index in [1.54, 1.807) is 14.0 Å². The molecule has 0 radical (unpaired) electrons. The lowest BCUT2D eigenvalue weighted by Crippen LogP contribution is -2.60. The lowest BCUT2D eigenvalue weighted by molar-refractivity contribution is -0.147. The highest BCUT2D eigenvalue weighted by molar-refractivity contribution is 5.94. The number of nitrogens with zero attached hydrogens (tertiary/aromatic N) is 1. The Labute approximate surface area is 335 Å². The first kappa shape index (κ1) is 48.4. The van der Waals surface area contributed by atoms with Crippen LogP contribution in [0.25, 0.3) is 0 Å². The number of carbonyl (C=O) groups excluding carboxylic acids is 5. The van der Waals surface area contributed by atoms with Crippen molar-refractivity contribution in [3.63, 3.8) is 0 Å². The van der Waals surface area contributed by atoms with Gasteiger partial charge in [-0.3, -0.25) is 24.0 Å². The Morgan fingerprint density at radius 2 is 1.57 bits per heavy atom. The van der Waals surface area contributed by atoms with Gasteiger partial charge in [0.15, 0.2) is 0 Å². The zero-order valence-corrected chi connectivity index (χ0v) is 35.1. The van der Waals surface area contributed by atoms with Gasteiger partial charge >= 0.3 is 0 Å². The van der Waals surface area contributed by atoms with Crippen molar-refractivity contribution in [2.75, 3.05) is 26.8 Å². The van der Waals surface area contributed by atoms with E-state index in [1.165, 1.54) is 4.90 Å². The zero-order valence-electron chi connectivity index (χ0n) is 35.1. The predicted molar refractivity (Wildman–Crippen MR) is 219 cm³/mol. The topological polar surface area (TPSA) is 221 Å². The molecule has 0 heterocycles. The Morgan fingerprint density at radius 1 is 0.875 bits per heavy atom. The minimum absolute atomic E-state index is 0.0594.